The first-order chi connectivity index (χ1) is 12.7. The summed E-state index contributed by atoms with van der Waals surface area (Å²) in [5.74, 6) is -2.40. The number of phenols is 2. The molecule has 0 saturated carbocycles. The fraction of sp³-hybridized carbons (Fsp3) is 0.300. The average Bonchev–Trinajstić information content (AvgIpc) is 2.62. The number of ketones is 2. The van der Waals surface area contributed by atoms with Crippen molar-refractivity contribution in [2.24, 2.45) is 0 Å². The van der Waals surface area contributed by atoms with E-state index in [1.54, 1.807) is 12.1 Å². The van der Waals surface area contributed by atoms with Crippen molar-refractivity contribution in [1.82, 2.24) is 0 Å². The Kier molecular flexibility index (Phi) is 3.68. The van der Waals surface area contributed by atoms with E-state index in [1.807, 2.05) is 0 Å². The summed E-state index contributed by atoms with van der Waals surface area (Å²) in [6.07, 6.45) is -3.23. The van der Waals surface area contributed by atoms with Gasteiger partial charge in [0.05, 0.1) is 28.9 Å². The lowest BCUT2D eigenvalue weighted by molar-refractivity contribution is -0.0999. The second kappa shape index (κ2) is 5.63. The van der Waals surface area contributed by atoms with E-state index in [-0.39, 0.29) is 46.2 Å². The van der Waals surface area contributed by atoms with Crippen molar-refractivity contribution in [2.45, 2.75) is 37.6 Å². The van der Waals surface area contributed by atoms with Gasteiger partial charge in [0, 0.05) is 35.1 Å². The van der Waals surface area contributed by atoms with Crippen molar-refractivity contribution in [2.75, 3.05) is 0 Å². The van der Waals surface area contributed by atoms with E-state index < -0.39 is 40.9 Å². The molecular formula is C20H18O7. The molecule has 2 aromatic carbocycles. The standard InChI is InChI=1S/C20H18O7/c1-8(21)20(27)6-11-13(12(22)7-20)19(26)15-14(18(11)25)16(23)9-4-2-3-5-10(9)17(15)24/h2-5,8,12,21-22,25-27H,6-7H2,1H3/t8?,12-,20+/m1/s1. The Morgan fingerprint density at radius 3 is 2.07 bits per heavy atom. The Morgan fingerprint density at radius 2 is 1.56 bits per heavy atom. The normalized spacial score (nSPS) is 24.8. The molecule has 0 bridgehead atoms. The maximum absolute atomic E-state index is 12.9. The van der Waals surface area contributed by atoms with Crippen LogP contribution in [0.4, 0.5) is 0 Å². The molecule has 140 valence electrons. The molecule has 3 atom stereocenters. The van der Waals surface area contributed by atoms with Crippen molar-refractivity contribution < 1.29 is 35.1 Å². The third kappa shape index (κ3) is 2.26. The van der Waals surface area contributed by atoms with Gasteiger partial charge in [-0.2, -0.15) is 0 Å². The van der Waals surface area contributed by atoms with E-state index >= 15 is 0 Å². The van der Waals surface area contributed by atoms with Gasteiger partial charge in [0.2, 0.25) is 0 Å². The zero-order valence-corrected chi connectivity index (χ0v) is 14.4. The first-order valence-corrected chi connectivity index (χ1v) is 8.55. The summed E-state index contributed by atoms with van der Waals surface area (Å²) < 4.78 is 0. The molecule has 2 aromatic rings. The lowest BCUT2D eigenvalue weighted by atomic mass is 9.72. The molecule has 0 amide bonds. The third-order valence-electron chi connectivity index (χ3n) is 5.60. The highest BCUT2D eigenvalue weighted by molar-refractivity contribution is 6.30. The van der Waals surface area contributed by atoms with Crippen LogP contribution in [0.25, 0.3) is 0 Å². The summed E-state index contributed by atoms with van der Waals surface area (Å²) in [6.45, 7) is 1.35. The minimum atomic E-state index is -1.75. The molecule has 7 heteroatoms. The van der Waals surface area contributed by atoms with Gasteiger partial charge in [-0.15, -0.1) is 0 Å². The molecule has 0 aromatic heterocycles. The number of carbonyl (C=O) groups is 2. The highest BCUT2D eigenvalue weighted by atomic mass is 16.3. The van der Waals surface area contributed by atoms with Crippen LogP contribution in [0.3, 0.4) is 0 Å². The molecule has 0 heterocycles. The largest absolute Gasteiger partial charge is 0.507 e. The maximum Gasteiger partial charge on any atom is 0.198 e. The van der Waals surface area contributed by atoms with E-state index in [4.69, 9.17) is 0 Å². The summed E-state index contributed by atoms with van der Waals surface area (Å²) in [5, 5.41) is 52.4. The van der Waals surface area contributed by atoms with Crippen molar-refractivity contribution in [3.8, 4) is 11.5 Å². The summed E-state index contributed by atoms with van der Waals surface area (Å²) in [6, 6.07) is 6.08. The van der Waals surface area contributed by atoms with Gasteiger partial charge in [0.25, 0.3) is 0 Å². The van der Waals surface area contributed by atoms with Crippen LogP contribution < -0.4 is 0 Å². The summed E-state index contributed by atoms with van der Waals surface area (Å²) >= 11 is 0. The van der Waals surface area contributed by atoms with Crippen LogP contribution in [0.2, 0.25) is 0 Å². The van der Waals surface area contributed by atoms with Crippen molar-refractivity contribution in [3.05, 3.63) is 57.6 Å². The number of aromatic hydroxyl groups is 2. The minimum Gasteiger partial charge on any atom is -0.507 e. The molecule has 2 aliphatic carbocycles. The molecule has 27 heavy (non-hydrogen) atoms. The fourth-order valence-corrected chi connectivity index (χ4v) is 4.05. The highest BCUT2D eigenvalue weighted by Gasteiger charge is 2.46. The predicted octanol–water partition coefficient (Wildman–Crippen LogP) is 0.965. The zero-order valence-electron chi connectivity index (χ0n) is 14.4. The summed E-state index contributed by atoms with van der Waals surface area (Å²) in [4.78, 5) is 25.8. The molecule has 4 rings (SSSR count). The quantitative estimate of drug-likeness (QED) is 0.403. The number of carbonyl (C=O) groups excluding carboxylic acids is 2. The van der Waals surface area contributed by atoms with Crippen LogP contribution in [0.1, 0.15) is 62.4 Å². The number of rotatable bonds is 1. The van der Waals surface area contributed by atoms with Crippen LogP contribution in [-0.2, 0) is 6.42 Å². The first-order valence-electron chi connectivity index (χ1n) is 8.55. The number of fused-ring (bicyclic) bond motifs is 3. The smallest absolute Gasteiger partial charge is 0.198 e. The Hall–Kier alpha value is -2.74. The summed E-state index contributed by atoms with van der Waals surface area (Å²) in [7, 11) is 0. The average molecular weight is 370 g/mol. The van der Waals surface area contributed by atoms with Crippen LogP contribution >= 0.6 is 0 Å². The van der Waals surface area contributed by atoms with Crippen LogP contribution in [0.15, 0.2) is 24.3 Å². The van der Waals surface area contributed by atoms with Crippen LogP contribution in [0, 0.1) is 0 Å². The van der Waals surface area contributed by atoms with Crippen LogP contribution in [-0.4, -0.2) is 48.8 Å². The van der Waals surface area contributed by atoms with Crippen molar-refractivity contribution >= 4 is 11.6 Å². The predicted molar refractivity (Wildman–Crippen MR) is 93.0 cm³/mol. The molecule has 0 aliphatic heterocycles. The molecule has 0 fully saturated rings. The van der Waals surface area contributed by atoms with Crippen molar-refractivity contribution in [3.63, 3.8) is 0 Å². The van der Waals surface area contributed by atoms with Crippen LogP contribution in [0.5, 0.6) is 11.5 Å². The number of hydrogen-bond acceptors (Lipinski definition) is 7. The van der Waals surface area contributed by atoms with Gasteiger partial charge in [0.1, 0.15) is 11.5 Å². The first kappa shape index (κ1) is 17.7. The van der Waals surface area contributed by atoms with Gasteiger partial charge >= 0.3 is 0 Å². The Morgan fingerprint density at radius 1 is 1.04 bits per heavy atom. The second-order valence-corrected chi connectivity index (χ2v) is 7.22. The van der Waals surface area contributed by atoms with E-state index in [0.29, 0.717) is 0 Å². The molecule has 1 unspecified atom stereocenters. The highest BCUT2D eigenvalue weighted by Crippen LogP contribution is 2.50. The minimum absolute atomic E-state index is 0.0473. The molecule has 7 nitrogen and oxygen atoms in total. The van der Waals surface area contributed by atoms with Gasteiger partial charge in [-0.3, -0.25) is 9.59 Å². The SMILES string of the molecule is CC(O)[C@]1(O)Cc2c(O)c3c(c(O)c2[C@H](O)C1)C(=O)c1ccccc1C3=O. The number of phenolic OH excluding ortho intramolecular Hbond substituents is 2. The van der Waals surface area contributed by atoms with Gasteiger partial charge in [-0.25, -0.2) is 0 Å². The summed E-state index contributed by atoms with van der Waals surface area (Å²) in [5.41, 5.74) is -2.38. The van der Waals surface area contributed by atoms with E-state index in [9.17, 15) is 35.1 Å². The Labute approximate surface area is 154 Å². The van der Waals surface area contributed by atoms with Gasteiger partial charge in [0.15, 0.2) is 11.6 Å². The monoisotopic (exact) mass is 370 g/mol. The molecule has 0 saturated heterocycles. The van der Waals surface area contributed by atoms with Gasteiger partial charge < -0.3 is 25.5 Å². The molecule has 5 N–H and O–H groups in total. The third-order valence-corrected chi connectivity index (χ3v) is 5.60. The van der Waals surface area contributed by atoms with E-state index in [0.717, 1.165) is 0 Å². The van der Waals surface area contributed by atoms with E-state index in [2.05, 4.69) is 0 Å². The Bertz CT molecular complexity index is 1010. The molecular weight excluding hydrogens is 352 g/mol. The maximum atomic E-state index is 12.9. The fourth-order valence-electron chi connectivity index (χ4n) is 4.05. The Balaban J connectivity index is 2.02. The molecule has 0 radical (unpaired) electrons. The van der Waals surface area contributed by atoms with Gasteiger partial charge in [-0.05, 0) is 6.92 Å². The zero-order chi connectivity index (χ0) is 19.7. The number of hydrogen-bond donors (Lipinski definition) is 5. The van der Waals surface area contributed by atoms with E-state index in [1.165, 1.54) is 19.1 Å². The van der Waals surface area contributed by atoms with Gasteiger partial charge in [-0.1, -0.05) is 24.3 Å². The lowest BCUT2D eigenvalue weighted by Gasteiger charge is -2.39. The van der Waals surface area contributed by atoms with Crippen molar-refractivity contribution in [1.29, 1.82) is 0 Å². The lowest BCUT2D eigenvalue weighted by Crippen LogP contribution is -2.47. The molecule has 2 aliphatic rings. The second-order valence-electron chi connectivity index (χ2n) is 7.22. The molecule has 0 spiro atoms. The number of aliphatic hydroxyl groups is 3. The number of benzene rings is 2. The number of aliphatic hydroxyl groups excluding tert-OH is 2. The topological polar surface area (TPSA) is 135 Å².